The molecule has 0 atom stereocenters. The monoisotopic (exact) mass is 420 g/mol. The predicted molar refractivity (Wildman–Crippen MR) is 122 cm³/mol. The molecule has 1 aromatic heterocycles. The molecule has 2 N–H and O–H groups in total. The SMILES string of the molecule is CC1CCN(Cc2ccc(CNC(=O)c3c[nH]c(=S)n3-c3ccccc3)cc2)CC1. The Labute approximate surface area is 182 Å². The first-order valence-corrected chi connectivity index (χ1v) is 10.9. The molecule has 0 bridgehead atoms. The number of H-pyrrole nitrogens is 1. The summed E-state index contributed by atoms with van der Waals surface area (Å²) in [5.74, 6) is 0.697. The minimum atomic E-state index is -0.155. The van der Waals surface area contributed by atoms with Crippen molar-refractivity contribution in [1.82, 2.24) is 19.8 Å². The normalized spacial score (nSPS) is 15.2. The van der Waals surface area contributed by atoms with Crippen molar-refractivity contribution < 1.29 is 4.79 Å². The molecule has 1 saturated heterocycles. The number of amides is 1. The minimum absolute atomic E-state index is 0.155. The minimum Gasteiger partial charge on any atom is -0.347 e. The third-order valence-corrected chi connectivity index (χ3v) is 6.08. The van der Waals surface area contributed by atoms with E-state index in [0.717, 1.165) is 23.7 Å². The number of aromatic nitrogens is 2. The number of nitrogens with zero attached hydrogens (tertiary/aromatic N) is 2. The van der Waals surface area contributed by atoms with Crippen LogP contribution in [0, 0.1) is 10.7 Å². The molecule has 1 aliphatic heterocycles. The first-order valence-electron chi connectivity index (χ1n) is 10.5. The number of rotatable bonds is 6. The fourth-order valence-electron chi connectivity index (χ4n) is 3.88. The number of carbonyl (C=O) groups excluding carboxylic acids is 1. The van der Waals surface area contributed by atoms with Gasteiger partial charge in [0.05, 0.1) is 0 Å². The molecule has 0 aliphatic carbocycles. The van der Waals surface area contributed by atoms with Gasteiger partial charge in [0.1, 0.15) is 5.69 Å². The number of imidazole rings is 1. The molecule has 0 radical (unpaired) electrons. The van der Waals surface area contributed by atoms with E-state index in [1.165, 1.54) is 31.5 Å². The second-order valence-corrected chi connectivity index (χ2v) is 8.49. The van der Waals surface area contributed by atoms with E-state index >= 15 is 0 Å². The molecule has 2 heterocycles. The molecule has 5 nitrogen and oxygen atoms in total. The van der Waals surface area contributed by atoms with Crippen LogP contribution in [0.25, 0.3) is 5.69 Å². The Morgan fingerprint density at radius 3 is 2.43 bits per heavy atom. The summed E-state index contributed by atoms with van der Waals surface area (Å²) in [7, 11) is 0. The van der Waals surface area contributed by atoms with Crippen LogP contribution in [0.15, 0.2) is 60.8 Å². The van der Waals surface area contributed by atoms with Gasteiger partial charge in [-0.1, -0.05) is 49.4 Å². The van der Waals surface area contributed by atoms with Gasteiger partial charge in [0.15, 0.2) is 4.77 Å². The average molecular weight is 421 g/mol. The molecule has 1 aliphatic rings. The first kappa shape index (κ1) is 20.6. The highest BCUT2D eigenvalue weighted by Gasteiger charge is 2.16. The van der Waals surface area contributed by atoms with Crippen LogP contribution in [-0.4, -0.2) is 33.4 Å². The number of carbonyl (C=O) groups is 1. The Morgan fingerprint density at radius 1 is 1.07 bits per heavy atom. The Balaban J connectivity index is 1.36. The lowest BCUT2D eigenvalue weighted by Crippen LogP contribution is -2.32. The largest absolute Gasteiger partial charge is 0.347 e. The van der Waals surface area contributed by atoms with Crippen LogP contribution in [0.3, 0.4) is 0 Å². The lowest BCUT2D eigenvalue weighted by atomic mass is 9.99. The number of para-hydroxylation sites is 1. The second-order valence-electron chi connectivity index (χ2n) is 8.11. The van der Waals surface area contributed by atoms with Gasteiger partial charge in [0.25, 0.3) is 5.91 Å². The van der Waals surface area contributed by atoms with Crippen LogP contribution in [0.1, 0.15) is 41.4 Å². The molecule has 156 valence electrons. The topological polar surface area (TPSA) is 53.1 Å². The quantitative estimate of drug-likeness (QED) is 0.569. The summed E-state index contributed by atoms with van der Waals surface area (Å²) < 4.78 is 2.26. The van der Waals surface area contributed by atoms with E-state index in [4.69, 9.17) is 12.2 Å². The summed E-state index contributed by atoms with van der Waals surface area (Å²) in [5, 5.41) is 3.01. The maximum atomic E-state index is 12.8. The van der Waals surface area contributed by atoms with Crippen molar-refractivity contribution in [3.63, 3.8) is 0 Å². The molecule has 2 aromatic carbocycles. The Hall–Kier alpha value is -2.70. The van der Waals surface area contributed by atoms with E-state index in [1.54, 1.807) is 10.8 Å². The van der Waals surface area contributed by atoms with Gasteiger partial charge in [-0.3, -0.25) is 14.3 Å². The van der Waals surface area contributed by atoms with E-state index in [2.05, 4.69) is 46.4 Å². The number of nitrogens with one attached hydrogen (secondary N) is 2. The Bertz CT molecular complexity index is 1030. The van der Waals surface area contributed by atoms with E-state index in [9.17, 15) is 4.79 Å². The van der Waals surface area contributed by atoms with Crippen LogP contribution < -0.4 is 5.32 Å². The number of aromatic amines is 1. The molecule has 0 spiro atoms. The molecule has 4 rings (SSSR count). The van der Waals surface area contributed by atoms with Crippen LogP contribution in [-0.2, 0) is 13.1 Å². The summed E-state index contributed by atoms with van der Waals surface area (Å²) in [6.45, 7) is 6.18. The summed E-state index contributed by atoms with van der Waals surface area (Å²) >= 11 is 5.36. The molecule has 1 amide bonds. The number of hydrogen-bond donors (Lipinski definition) is 2. The molecule has 3 aromatic rings. The maximum absolute atomic E-state index is 12.8. The highest BCUT2D eigenvalue weighted by Crippen LogP contribution is 2.18. The molecule has 30 heavy (non-hydrogen) atoms. The Kier molecular flexibility index (Phi) is 6.45. The molecule has 0 unspecified atom stereocenters. The molecular weight excluding hydrogens is 392 g/mol. The number of likely N-dealkylation sites (tertiary alicyclic amines) is 1. The van der Waals surface area contributed by atoms with Gasteiger partial charge in [-0.05, 0) is 67.3 Å². The van der Waals surface area contributed by atoms with Gasteiger partial charge in [-0.15, -0.1) is 0 Å². The van der Waals surface area contributed by atoms with Crippen molar-refractivity contribution in [3.8, 4) is 5.69 Å². The summed E-state index contributed by atoms with van der Waals surface area (Å²) in [6, 6.07) is 18.2. The van der Waals surface area contributed by atoms with Gasteiger partial charge in [-0.25, -0.2) is 0 Å². The molecule has 1 fully saturated rings. The van der Waals surface area contributed by atoms with Crippen molar-refractivity contribution >= 4 is 18.1 Å². The van der Waals surface area contributed by atoms with Crippen molar-refractivity contribution in [1.29, 1.82) is 0 Å². The highest BCUT2D eigenvalue weighted by molar-refractivity contribution is 7.71. The van der Waals surface area contributed by atoms with E-state index in [-0.39, 0.29) is 5.91 Å². The van der Waals surface area contributed by atoms with Crippen molar-refractivity contribution in [2.24, 2.45) is 5.92 Å². The predicted octanol–water partition coefficient (Wildman–Crippen LogP) is 4.70. The summed E-state index contributed by atoms with van der Waals surface area (Å²) in [4.78, 5) is 18.3. The number of hydrogen-bond acceptors (Lipinski definition) is 3. The van der Waals surface area contributed by atoms with E-state index < -0.39 is 0 Å². The van der Waals surface area contributed by atoms with Gasteiger partial charge in [0.2, 0.25) is 0 Å². The first-order chi connectivity index (χ1) is 14.6. The third-order valence-electron chi connectivity index (χ3n) is 5.78. The second kappa shape index (κ2) is 9.41. The van der Waals surface area contributed by atoms with Gasteiger partial charge >= 0.3 is 0 Å². The standard InChI is InChI=1S/C24H28N4OS/c1-18-11-13-27(14-12-18)17-20-9-7-19(8-10-20)15-25-23(29)22-16-26-24(30)28(22)21-5-3-2-4-6-21/h2-10,16,18H,11-15,17H2,1H3,(H,25,29)(H,26,30). The fourth-order valence-corrected chi connectivity index (χ4v) is 4.15. The van der Waals surface area contributed by atoms with E-state index in [1.807, 2.05) is 30.3 Å². The van der Waals surface area contributed by atoms with Crippen LogP contribution in [0.2, 0.25) is 0 Å². The van der Waals surface area contributed by atoms with Gasteiger partial charge in [0, 0.05) is 25.0 Å². The van der Waals surface area contributed by atoms with Crippen LogP contribution in [0.5, 0.6) is 0 Å². The molecule has 6 heteroatoms. The zero-order valence-corrected chi connectivity index (χ0v) is 18.1. The lowest BCUT2D eigenvalue weighted by molar-refractivity contribution is 0.0944. The van der Waals surface area contributed by atoms with Crippen LogP contribution in [0.4, 0.5) is 0 Å². The maximum Gasteiger partial charge on any atom is 0.270 e. The average Bonchev–Trinajstić information content (AvgIpc) is 3.17. The highest BCUT2D eigenvalue weighted by atomic mass is 32.1. The summed E-state index contributed by atoms with van der Waals surface area (Å²) in [5.41, 5.74) is 3.77. The van der Waals surface area contributed by atoms with Crippen molar-refractivity contribution in [3.05, 3.63) is 82.4 Å². The molecule has 0 saturated carbocycles. The third kappa shape index (κ3) is 4.89. The van der Waals surface area contributed by atoms with E-state index in [0.29, 0.717) is 17.0 Å². The molecular formula is C24H28N4OS. The van der Waals surface area contributed by atoms with Gasteiger partial charge < -0.3 is 10.3 Å². The smallest absolute Gasteiger partial charge is 0.270 e. The van der Waals surface area contributed by atoms with Gasteiger partial charge in [-0.2, -0.15) is 0 Å². The number of benzene rings is 2. The Morgan fingerprint density at radius 2 is 1.73 bits per heavy atom. The zero-order valence-electron chi connectivity index (χ0n) is 17.3. The fraction of sp³-hybridized carbons (Fsp3) is 0.333. The lowest BCUT2D eigenvalue weighted by Gasteiger charge is -2.30. The van der Waals surface area contributed by atoms with Crippen molar-refractivity contribution in [2.75, 3.05) is 13.1 Å². The number of piperidine rings is 1. The van der Waals surface area contributed by atoms with Crippen LogP contribution >= 0.6 is 12.2 Å². The zero-order chi connectivity index (χ0) is 20.9. The van der Waals surface area contributed by atoms with Crippen molar-refractivity contribution in [2.45, 2.75) is 32.9 Å². The summed E-state index contributed by atoms with van der Waals surface area (Å²) in [6.07, 6.45) is 4.24.